The minimum atomic E-state index is -0.975. The lowest BCUT2D eigenvalue weighted by atomic mass is 9.93. The van der Waals surface area contributed by atoms with E-state index in [9.17, 15) is 9.90 Å². The minimum absolute atomic E-state index is 0.177. The molecule has 0 unspecified atom stereocenters. The summed E-state index contributed by atoms with van der Waals surface area (Å²) in [5.41, 5.74) is 1.61. The van der Waals surface area contributed by atoms with Crippen molar-refractivity contribution in [2.45, 2.75) is 37.8 Å². The summed E-state index contributed by atoms with van der Waals surface area (Å²) in [5, 5.41) is 24.8. The van der Waals surface area contributed by atoms with E-state index in [1.807, 2.05) is 30.3 Å². The fourth-order valence-electron chi connectivity index (χ4n) is 2.90. The molecule has 1 aliphatic carbocycles. The molecule has 4 N–H and O–H groups in total. The highest BCUT2D eigenvalue weighted by molar-refractivity contribution is 5.85. The summed E-state index contributed by atoms with van der Waals surface area (Å²) < 4.78 is 0. The van der Waals surface area contributed by atoms with Crippen LogP contribution < -0.4 is 10.6 Å². The first-order valence-electron chi connectivity index (χ1n) is 8.64. The predicted molar refractivity (Wildman–Crippen MR) is 100 cm³/mol. The van der Waals surface area contributed by atoms with Crippen LogP contribution in [-0.2, 0) is 4.79 Å². The van der Waals surface area contributed by atoms with Gasteiger partial charge in [0.1, 0.15) is 5.82 Å². The molecule has 1 saturated carbocycles. The van der Waals surface area contributed by atoms with Gasteiger partial charge in [-0.3, -0.25) is 0 Å². The van der Waals surface area contributed by atoms with E-state index in [1.54, 1.807) is 6.20 Å². The molecule has 0 radical (unpaired) electrons. The number of aromatic nitrogens is 2. The smallest absolute Gasteiger partial charge is 0.328 e. The van der Waals surface area contributed by atoms with E-state index < -0.39 is 5.97 Å². The average Bonchev–Trinajstić information content (AvgIpc) is 2.63. The van der Waals surface area contributed by atoms with Gasteiger partial charge in [-0.25, -0.2) is 9.78 Å². The van der Waals surface area contributed by atoms with Crippen LogP contribution in [0.4, 0.5) is 17.5 Å². The van der Waals surface area contributed by atoms with E-state index in [-0.39, 0.29) is 6.10 Å². The molecule has 26 heavy (non-hydrogen) atoms. The van der Waals surface area contributed by atoms with Crippen molar-refractivity contribution in [1.82, 2.24) is 9.97 Å². The van der Waals surface area contributed by atoms with Gasteiger partial charge in [0.05, 0.1) is 6.10 Å². The standard InChI is InChI=1S/C19H22N4O3/c24-16-8-6-14(7-9-16)21-17-11-12-20-19(23-17)22-15-4-1-13(2-5-15)3-10-18(25)26/h1-5,10-12,14,16,24H,6-9H2,(H,25,26)(H2,20,21,22,23)/b10-3+/t14-,16-. The molecule has 1 fully saturated rings. The SMILES string of the molecule is O=C(O)/C=C/c1ccc(Nc2nccc(N[C@H]3CC[C@H](O)CC3)n2)cc1. The number of nitrogens with zero attached hydrogens (tertiary/aromatic N) is 2. The van der Waals surface area contributed by atoms with Gasteiger partial charge in [0.15, 0.2) is 0 Å². The molecule has 1 aromatic carbocycles. The molecule has 1 heterocycles. The van der Waals surface area contributed by atoms with Crippen LogP contribution in [0.3, 0.4) is 0 Å². The Morgan fingerprint density at radius 2 is 1.85 bits per heavy atom. The van der Waals surface area contributed by atoms with Crippen LogP contribution >= 0.6 is 0 Å². The van der Waals surface area contributed by atoms with Crippen molar-refractivity contribution in [2.75, 3.05) is 10.6 Å². The zero-order chi connectivity index (χ0) is 18.4. The molecule has 0 spiro atoms. The van der Waals surface area contributed by atoms with E-state index in [2.05, 4.69) is 20.6 Å². The Bertz CT molecular complexity index is 769. The Balaban J connectivity index is 1.60. The highest BCUT2D eigenvalue weighted by Gasteiger charge is 2.19. The van der Waals surface area contributed by atoms with Crippen LogP contribution in [0, 0.1) is 0 Å². The van der Waals surface area contributed by atoms with Crippen molar-refractivity contribution in [3.8, 4) is 0 Å². The quantitative estimate of drug-likeness (QED) is 0.591. The molecule has 0 bridgehead atoms. The molecule has 7 heteroatoms. The second kappa shape index (κ2) is 8.44. The van der Waals surface area contributed by atoms with Crippen LogP contribution in [-0.4, -0.2) is 38.3 Å². The second-order valence-electron chi connectivity index (χ2n) is 6.33. The van der Waals surface area contributed by atoms with Crippen LogP contribution in [0.5, 0.6) is 0 Å². The van der Waals surface area contributed by atoms with E-state index in [0.717, 1.165) is 48.8 Å². The molecule has 0 amide bonds. The van der Waals surface area contributed by atoms with Crippen LogP contribution in [0.1, 0.15) is 31.2 Å². The highest BCUT2D eigenvalue weighted by atomic mass is 16.4. The summed E-state index contributed by atoms with van der Waals surface area (Å²) in [5.74, 6) is 0.266. The van der Waals surface area contributed by atoms with Gasteiger partial charge in [-0.2, -0.15) is 4.98 Å². The summed E-state index contributed by atoms with van der Waals surface area (Å²) in [6, 6.07) is 9.47. The largest absolute Gasteiger partial charge is 0.478 e. The lowest BCUT2D eigenvalue weighted by molar-refractivity contribution is -0.131. The van der Waals surface area contributed by atoms with Crippen molar-refractivity contribution >= 4 is 29.5 Å². The topological polar surface area (TPSA) is 107 Å². The monoisotopic (exact) mass is 354 g/mol. The van der Waals surface area contributed by atoms with E-state index in [0.29, 0.717) is 12.0 Å². The molecule has 0 saturated heterocycles. The molecule has 136 valence electrons. The maximum atomic E-state index is 10.5. The number of aliphatic carboxylic acids is 1. The fourth-order valence-corrected chi connectivity index (χ4v) is 2.90. The lowest BCUT2D eigenvalue weighted by Crippen LogP contribution is -2.28. The Morgan fingerprint density at radius 3 is 2.54 bits per heavy atom. The van der Waals surface area contributed by atoms with Crippen molar-refractivity contribution in [1.29, 1.82) is 0 Å². The summed E-state index contributed by atoms with van der Waals surface area (Å²) in [6.45, 7) is 0. The maximum Gasteiger partial charge on any atom is 0.328 e. The zero-order valence-electron chi connectivity index (χ0n) is 14.3. The fraction of sp³-hybridized carbons (Fsp3) is 0.316. The third-order valence-electron chi connectivity index (χ3n) is 4.29. The third kappa shape index (κ3) is 5.29. The number of hydrogen-bond donors (Lipinski definition) is 4. The molecule has 0 aliphatic heterocycles. The second-order valence-corrected chi connectivity index (χ2v) is 6.33. The molecule has 7 nitrogen and oxygen atoms in total. The summed E-state index contributed by atoms with van der Waals surface area (Å²) in [4.78, 5) is 19.2. The van der Waals surface area contributed by atoms with E-state index in [1.165, 1.54) is 6.08 Å². The molecular formula is C19H22N4O3. The van der Waals surface area contributed by atoms with Crippen molar-refractivity contribution in [3.63, 3.8) is 0 Å². The number of hydrogen-bond acceptors (Lipinski definition) is 6. The van der Waals surface area contributed by atoms with Crippen LogP contribution in [0.2, 0.25) is 0 Å². The van der Waals surface area contributed by atoms with Gasteiger partial charge in [0.25, 0.3) is 0 Å². The zero-order valence-corrected chi connectivity index (χ0v) is 14.3. The van der Waals surface area contributed by atoms with Gasteiger partial charge in [-0.15, -0.1) is 0 Å². The van der Waals surface area contributed by atoms with Gasteiger partial charge in [0, 0.05) is 24.0 Å². The third-order valence-corrected chi connectivity index (χ3v) is 4.29. The van der Waals surface area contributed by atoms with E-state index >= 15 is 0 Å². The maximum absolute atomic E-state index is 10.5. The molecule has 0 atom stereocenters. The molecule has 1 aliphatic rings. The van der Waals surface area contributed by atoms with Gasteiger partial charge < -0.3 is 20.8 Å². The number of carboxylic acids is 1. The van der Waals surface area contributed by atoms with Crippen molar-refractivity contribution in [3.05, 3.63) is 48.2 Å². The van der Waals surface area contributed by atoms with Crippen molar-refractivity contribution in [2.24, 2.45) is 0 Å². The van der Waals surface area contributed by atoms with E-state index in [4.69, 9.17) is 5.11 Å². The number of nitrogens with one attached hydrogen (secondary N) is 2. The first-order valence-corrected chi connectivity index (χ1v) is 8.64. The molecule has 1 aromatic heterocycles. The Kier molecular flexibility index (Phi) is 5.80. The number of rotatable bonds is 6. The van der Waals surface area contributed by atoms with Gasteiger partial charge >= 0.3 is 5.97 Å². The number of carboxylic acid groups (broad SMARTS) is 1. The molecular weight excluding hydrogens is 332 g/mol. The normalized spacial score (nSPS) is 20.0. The Morgan fingerprint density at radius 1 is 1.12 bits per heavy atom. The highest BCUT2D eigenvalue weighted by Crippen LogP contribution is 2.22. The Labute approximate surface area is 151 Å². The molecule has 2 aromatic rings. The van der Waals surface area contributed by atoms with Gasteiger partial charge in [-0.05, 0) is 55.5 Å². The summed E-state index contributed by atoms with van der Waals surface area (Å²) >= 11 is 0. The van der Waals surface area contributed by atoms with Crippen LogP contribution in [0.15, 0.2) is 42.6 Å². The number of benzene rings is 1. The summed E-state index contributed by atoms with van der Waals surface area (Å²) in [7, 11) is 0. The van der Waals surface area contributed by atoms with Gasteiger partial charge in [0.2, 0.25) is 5.95 Å². The number of aliphatic hydroxyl groups is 1. The number of aliphatic hydroxyl groups excluding tert-OH is 1. The predicted octanol–water partition coefficient (Wildman–Crippen LogP) is 3.03. The number of carbonyl (C=O) groups is 1. The van der Waals surface area contributed by atoms with Gasteiger partial charge in [-0.1, -0.05) is 12.1 Å². The first kappa shape index (κ1) is 17.9. The molecule has 3 rings (SSSR count). The first-order chi connectivity index (χ1) is 12.6. The van der Waals surface area contributed by atoms with Crippen LogP contribution in [0.25, 0.3) is 6.08 Å². The Hall–Kier alpha value is -2.93. The number of anilines is 3. The lowest BCUT2D eigenvalue weighted by Gasteiger charge is -2.26. The average molecular weight is 354 g/mol. The van der Waals surface area contributed by atoms with Crippen molar-refractivity contribution < 1.29 is 15.0 Å². The summed E-state index contributed by atoms with van der Waals surface area (Å²) in [6.07, 6.45) is 7.65. The minimum Gasteiger partial charge on any atom is -0.478 e.